The summed E-state index contributed by atoms with van der Waals surface area (Å²) in [7, 11) is 0. The zero-order chi connectivity index (χ0) is 12.4. The summed E-state index contributed by atoms with van der Waals surface area (Å²) in [4.78, 5) is 14.0. The SMILES string of the molecule is CC1NCCN(C(=O)c2ccccc2F)C1C. The van der Waals surface area contributed by atoms with Crippen LogP contribution in [-0.4, -0.2) is 36.0 Å². The number of nitrogens with one attached hydrogen (secondary N) is 1. The summed E-state index contributed by atoms with van der Waals surface area (Å²) in [6, 6.07) is 6.46. The molecule has 0 bridgehead atoms. The molecule has 0 aromatic heterocycles. The lowest BCUT2D eigenvalue weighted by molar-refractivity contribution is 0.0598. The molecule has 2 unspecified atom stereocenters. The second kappa shape index (κ2) is 4.84. The Morgan fingerprint density at radius 1 is 1.41 bits per heavy atom. The first-order valence-corrected chi connectivity index (χ1v) is 5.90. The Kier molecular flexibility index (Phi) is 3.43. The number of rotatable bonds is 1. The highest BCUT2D eigenvalue weighted by Gasteiger charge is 2.29. The normalized spacial score (nSPS) is 24.8. The first kappa shape index (κ1) is 12.0. The maximum atomic E-state index is 13.6. The van der Waals surface area contributed by atoms with Crippen LogP contribution < -0.4 is 5.32 Å². The van der Waals surface area contributed by atoms with Crippen LogP contribution in [0, 0.1) is 5.82 Å². The average Bonchev–Trinajstić information content (AvgIpc) is 2.32. The van der Waals surface area contributed by atoms with E-state index in [1.807, 2.05) is 13.8 Å². The number of amides is 1. The Hall–Kier alpha value is -1.42. The van der Waals surface area contributed by atoms with Crippen LogP contribution in [0.1, 0.15) is 24.2 Å². The third-order valence-corrected chi connectivity index (χ3v) is 3.40. The molecule has 1 amide bonds. The zero-order valence-corrected chi connectivity index (χ0v) is 10.1. The molecule has 1 fully saturated rings. The molecule has 0 aliphatic carbocycles. The molecule has 0 saturated carbocycles. The summed E-state index contributed by atoms with van der Waals surface area (Å²) >= 11 is 0. The number of piperazine rings is 1. The van der Waals surface area contributed by atoms with Gasteiger partial charge in [0.1, 0.15) is 5.82 Å². The minimum absolute atomic E-state index is 0.0795. The van der Waals surface area contributed by atoms with Gasteiger partial charge in [-0.15, -0.1) is 0 Å². The van der Waals surface area contributed by atoms with Gasteiger partial charge in [0.25, 0.3) is 5.91 Å². The summed E-state index contributed by atoms with van der Waals surface area (Å²) in [6.07, 6.45) is 0. The fourth-order valence-electron chi connectivity index (χ4n) is 2.13. The second-order valence-electron chi connectivity index (χ2n) is 4.46. The molecule has 2 atom stereocenters. The van der Waals surface area contributed by atoms with E-state index in [9.17, 15) is 9.18 Å². The summed E-state index contributed by atoms with van der Waals surface area (Å²) in [5, 5.41) is 3.30. The van der Waals surface area contributed by atoms with E-state index >= 15 is 0 Å². The van der Waals surface area contributed by atoms with Crippen LogP contribution in [0.4, 0.5) is 4.39 Å². The predicted octanol–water partition coefficient (Wildman–Crippen LogP) is 1.65. The fraction of sp³-hybridized carbons (Fsp3) is 0.462. The minimum Gasteiger partial charge on any atom is -0.333 e. The molecule has 92 valence electrons. The van der Waals surface area contributed by atoms with Crippen molar-refractivity contribution < 1.29 is 9.18 Å². The Labute approximate surface area is 101 Å². The van der Waals surface area contributed by atoms with Gasteiger partial charge in [-0.05, 0) is 26.0 Å². The van der Waals surface area contributed by atoms with Gasteiger partial charge in [0.2, 0.25) is 0 Å². The van der Waals surface area contributed by atoms with Crippen LogP contribution in [0.3, 0.4) is 0 Å². The molecule has 3 nitrogen and oxygen atoms in total. The third-order valence-electron chi connectivity index (χ3n) is 3.40. The Morgan fingerprint density at radius 3 is 2.82 bits per heavy atom. The molecule has 1 aromatic carbocycles. The van der Waals surface area contributed by atoms with Crippen molar-refractivity contribution in [2.45, 2.75) is 25.9 Å². The van der Waals surface area contributed by atoms with Crippen molar-refractivity contribution in [1.29, 1.82) is 0 Å². The molecule has 2 rings (SSSR count). The Bertz CT molecular complexity index is 422. The lowest BCUT2D eigenvalue weighted by Crippen LogP contribution is -2.57. The van der Waals surface area contributed by atoms with Crippen LogP contribution in [-0.2, 0) is 0 Å². The summed E-state index contributed by atoms with van der Waals surface area (Å²) < 4.78 is 13.6. The highest BCUT2D eigenvalue weighted by atomic mass is 19.1. The van der Waals surface area contributed by atoms with Gasteiger partial charge in [-0.3, -0.25) is 4.79 Å². The van der Waals surface area contributed by atoms with Gasteiger partial charge in [-0.25, -0.2) is 4.39 Å². The van der Waals surface area contributed by atoms with E-state index in [-0.39, 0.29) is 23.6 Å². The summed E-state index contributed by atoms with van der Waals surface area (Å²) in [6.45, 7) is 5.39. The molecule has 0 spiro atoms. The predicted molar refractivity (Wildman–Crippen MR) is 64.4 cm³/mol. The number of hydrogen-bond acceptors (Lipinski definition) is 2. The maximum Gasteiger partial charge on any atom is 0.257 e. The van der Waals surface area contributed by atoms with Gasteiger partial charge < -0.3 is 10.2 Å². The van der Waals surface area contributed by atoms with E-state index < -0.39 is 5.82 Å². The van der Waals surface area contributed by atoms with Crippen LogP contribution >= 0.6 is 0 Å². The first-order valence-electron chi connectivity index (χ1n) is 5.90. The molecule has 1 aromatic rings. The molecule has 1 heterocycles. The monoisotopic (exact) mass is 236 g/mol. The number of carbonyl (C=O) groups is 1. The van der Waals surface area contributed by atoms with Crippen molar-refractivity contribution in [2.24, 2.45) is 0 Å². The standard InChI is InChI=1S/C13H17FN2O/c1-9-10(2)16(8-7-15-9)13(17)11-5-3-4-6-12(11)14/h3-6,9-10,15H,7-8H2,1-2H3. The maximum absolute atomic E-state index is 13.6. The summed E-state index contributed by atoms with van der Waals surface area (Å²) in [5.41, 5.74) is 0.161. The van der Waals surface area contributed by atoms with Gasteiger partial charge in [0, 0.05) is 25.2 Å². The second-order valence-corrected chi connectivity index (χ2v) is 4.46. The number of nitrogens with zero attached hydrogens (tertiary/aromatic N) is 1. The van der Waals surface area contributed by atoms with Gasteiger partial charge in [-0.2, -0.15) is 0 Å². The van der Waals surface area contributed by atoms with Crippen molar-refractivity contribution in [2.75, 3.05) is 13.1 Å². The topological polar surface area (TPSA) is 32.3 Å². The van der Waals surface area contributed by atoms with E-state index in [0.717, 1.165) is 6.54 Å². The van der Waals surface area contributed by atoms with Gasteiger partial charge in [0.05, 0.1) is 5.56 Å². The third kappa shape index (κ3) is 2.31. The van der Waals surface area contributed by atoms with Crippen LogP contribution in [0.25, 0.3) is 0 Å². The fourth-order valence-corrected chi connectivity index (χ4v) is 2.13. The van der Waals surface area contributed by atoms with Crippen molar-refractivity contribution in [3.05, 3.63) is 35.6 Å². The summed E-state index contributed by atoms with van der Waals surface area (Å²) in [5.74, 6) is -0.667. The average molecular weight is 236 g/mol. The van der Waals surface area contributed by atoms with Gasteiger partial charge in [0.15, 0.2) is 0 Å². The van der Waals surface area contributed by atoms with E-state index in [0.29, 0.717) is 6.54 Å². The smallest absolute Gasteiger partial charge is 0.257 e. The number of hydrogen-bond donors (Lipinski definition) is 1. The number of benzene rings is 1. The molecule has 17 heavy (non-hydrogen) atoms. The Balaban J connectivity index is 2.23. The van der Waals surface area contributed by atoms with E-state index in [2.05, 4.69) is 5.32 Å². The van der Waals surface area contributed by atoms with Gasteiger partial charge in [-0.1, -0.05) is 12.1 Å². The van der Waals surface area contributed by atoms with E-state index in [1.54, 1.807) is 17.0 Å². The van der Waals surface area contributed by atoms with E-state index in [1.165, 1.54) is 12.1 Å². The Morgan fingerprint density at radius 2 is 2.12 bits per heavy atom. The largest absolute Gasteiger partial charge is 0.333 e. The molecule has 0 radical (unpaired) electrons. The lowest BCUT2D eigenvalue weighted by atomic mass is 10.1. The van der Waals surface area contributed by atoms with Crippen molar-refractivity contribution >= 4 is 5.91 Å². The highest BCUT2D eigenvalue weighted by molar-refractivity contribution is 5.94. The highest BCUT2D eigenvalue weighted by Crippen LogP contribution is 2.15. The lowest BCUT2D eigenvalue weighted by Gasteiger charge is -2.38. The van der Waals surface area contributed by atoms with Gasteiger partial charge >= 0.3 is 0 Å². The molecular formula is C13H17FN2O. The van der Waals surface area contributed by atoms with Crippen LogP contribution in [0.15, 0.2) is 24.3 Å². The molecule has 1 N–H and O–H groups in total. The van der Waals surface area contributed by atoms with Crippen molar-refractivity contribution in [1.82, 2.24) is 10.2 Å². The minimum atomic E-state index is -0.448. The molecular weight excluding hydrogens is 219 g/mol. The van der Waals surface area contributed by atoms with Crippen LogP contribution in [0.2, 0.25) is 0 Å². The zero-order valence-electron chi connectivity index (χ0n) is 10.1. The van der Waals surface area contributed by atoms with Crippen LogP contribution in [0.5, 0.6) is 0 Å². The van der Waals surface area contributed by atoms with Crippen molar-refractivity contribution in [3.8, 4) is 0 Å². The molecule has 4 heteroatoms. The molecule has 1 aliphatic rings. The van der Waals surface area contributed by atoms with Crippen molar-refractivity contribution in [3.63, 3.8) is 0 Å². The first-order chi connectivity index (χ1) is 8.11. The number of carbonyl (C=O) groups excluding carboxylic acids is 1. The molecule has 1 saturated heterocycles. The molecule has 1 aliphatic heterocycles. The van der Waals surface area contributed by atoms with E-state index in [4.69, 9.17) is 0 Å². The quantitative estimate of drug-likeness (QED) is 0.804. The number of halogens is 1.